The summed E-state index contributed by atoms with van der Waals surface area (Å²) in [7, 11) is 0. The van der Waals surface area contributed by atoms with Crippen molar-refractivity contribution >= 4 is 0 Å². The van der Waals surface area contributed by atoms with Gasteiger partial charge in [0.25, 0.3) is 0 Å². The highest BCUT2D eigenvalue weighted by Gasteiger charge is 2.39. The van der Waals surface area contributed by atoms with Gasteiger partial charge in [-0.25, -0.2) is 8.78 Å². The van der Waals surface area contributed by atoms with Gasteiger partial charge >= 0.3 is 0 Å². The summed E-state index contributed by atoms with van der Waals surface area (Å²) in [6.45, 7) is 4.17. The van der Waals surface area contributed by atoms with E-state index in [0.717, 1.165) is 37.0 Å². The average Bonchev–Trinajstić information content (AvgIpc) is 2.60. The summed E-state index contributed by atoms with van der Waals surface area (Å²) in [5.74, 6) is 2.53. The lowest BCUT2D eigenvalue weighted by Crippen LogP contribution is -2.41. The zero-order valence-electron chi connectivity index (χ0n) is 15.4. The zero-order valence-corrected chi connectivity index (χ0v) is 15.4. The Labute approximate surface area is 146 Å². The van der Waals surface area contributed by atoms with Crippen LogP contribution in [0.4, 0.5) is 8.78 Å². The first-order valence-corrected chi connectivity index (χ1v) is 10.2. The van der Waals surface area contributed by atoms with Crippen LogP contribution in [0.1, 0.15) is 78.1 Å². The van der Waals surface area contributed by atoms with Crippen molar-refractivity contribution in [1.82, 2.24) is 0 Å². The summed E-state index contributed by atoms with van der Waals surface area (Å²) in [6.07, 6.45) is 9.98. The van der Waals surface area contributed by atoms with Gasteiger partial charge in [-0.05, 0) is 80.6 Å². The summed E-state index contributed by atoms with van der Waals surface area (Å²) in [5.41, 5.74) is 1.30. The lowest BCUT2D eigenvalue weighted by atomic mass is 9.71. The van der Waals surface area contributed by atoms with E-state index in [4.69, 9.17) is 4.74 Å². The highest BCUT2D eigenvalue weighted by molar-refractivity contribution is 5.03. The van der Waals surface area contributed by atoms with Crippen molar-refractivity contribution in [3.8, 4) is 0 Å². The molecule has 0 N–H and O–H groups in total. The highest BCUT2D eigenvalue weighted by Crippen LogP contribution is 2.41. The molecular formula is C21H34F2O. The molecule has 4 atom stereocenters. The molecule has 3 aliphatic rings. The third-order valence-corrected chi connectivity index (χ3v) is 6.92. The Morgan fingerprint density at radius 2 is 1.42 bits per heavy atom. The molecule has 0 saturated heterocycles. The fourth-order valence-electron chi connectivity index (χ4n) is 4.95. The molecule has 3 heteroatoms. The molecule has 1 nitrogen and oxygen atoms in total. The summed E-state index contributed by atoms with van der Waals surface area (Å²) in [5, 5.41) is 0. The minimum atomic E-state index is -1.47. The van der Waals surface area contributed by atoms with Crippen LogP contribution < -0.4 is 0 Å². The van der Waals surface area contributed by atoms with Gasteiger partial charge in [0.05, 0.1) is 6.26 Å². The maximum absolute atomic E-state index is 14.1. The molecule has 0 aromatic rings. The minimum Gasteiger partial charge on any atom is -0.495 e. The Morgan fingerprint density at radius 3 is 2.08 bits per heavy atom. The van der Waals surface area contributed by atoms with Crippen molar-refractivity contribution in [3.05, 3.63) is 11.8 Å². The van der Waals surface area contributed by atoms with Crippen molar-refractivity contribution in [2.75, 3.05) is 0 Å². The van der Waals surface area contributed by atoms with Gasteiger partial charge in [-0.1, -0.05) is 26.7 Å². The summed E-state index contributed by atoms with van der Waals surface area (Å²) >= 11 is 0. The van der Waals surface area contributed by atoms with Crippen LogP contribution in [0.25, 0.3) is 0 Å². The van der Waals surface area contributed by atoms with Gasteiger partial charge in [0.2, 0.25) is 0 Å². The fraction of sp³-hybridized carbons (Fsp3) is 0.905. The first kappa shape index (κ1) is 18.2. The van der Waals surface area contributed by atoms with Crippen LogP contribution in [-0.4, -0.2) is 18.4 Å². The molecule has 0 spiro atoms. The SMILES string of the molecule is CC1CCC(C2CCC(=COC3CCC(C)C(F)C3F)CC2)CC1. The van der Waals surface area contributed by atoms with E-state index >= 15 is 0 Å². The topological polar surface area (TPSA) is 9.23 Å². The zero-order chi connectivity index (χ0) is 17.1. The minimum absolute atomic E-state index is 0.179. The highest BCUT2D eigenvalue weighted by atomic mass is 19.2. The second-order valence-corrected chi connectivity index (χ2v) is 8.75. The predicted octanol–water partition coefficient (Wildman–Crippen LogP) is 6.38. The van der Waals surface area contributed by atoms with Gasteiger partial charge in [-0.15, -0.1) is 0 Å². The molecule has 0 radical (unpaired) electrons. The summed E-state index contributed by atoms with van der Waals surface area (Å²) < 4.78 is 33.5. The number of hydrogen-bond acceptors (Lipinski definition) is 1. The molecule has 0 heterocycles. The van der Waals surface area contributed by atoms with Gasteiger partial charge in [-0.3, -0.25) is 0 Å². The number of rotatable bonds is 3. The smallest absolute Gasteiger partial charge is 0.168 e. The molecule has 3 saturated carbocycles. The van der Waals surface area contributed by atoms with Gasteiger partial charge < -0.3 is 4.74 Å². The van der Waals surface area contributed by atoms with E-state index in [1.165, 1.54) is 44.1 Å². The second-order valence-electron chi connectivity index (χ2n) is 8.75. The lowest BCUT2D eigenvalue weighted by Gasteiger charge is -2.36. The number of ether oxygens (including phenoxy) is 1. The second kappa shape index (κ2) is 8.19. The standard InChI is InChI=1S/C21H34F2O/c1-14-3-8-17(9-4-14)18-10-6-16(7-11-18)13-24-19-12-5-15(2)20(22)21(19)23/h13-15,17-21H,3-12H2,1-2H3. The maximum Gasteiger partial charge on any atom is 0.168 e. The Kier molecular flexibility index (Phi) is 6.21. The van der Waals surface area contributed by atoms with Gasteiger partial charge in [0, 0.05) is 0 Å². The van der Waals surface area contributed by atoms with E-state index in [-0.39, 0.29) is 5.92 Å². The molecule has 3 fully saturated rings. The average molecular weight is 340 g/mol. The number of allylic oxidation sites excluding steroid dienone is 1. The van der Waals surface area contributed by atoms with Crippen LogP contribution in [0, 0.1) is 23.7 Å². The van der Waals surface area contributed by atoms with Crippen molar-refractivity contribution in [3.63, 3.8) is 0 Å². The number of alkyl halides is 2. The Bertz CT molecular complexity index is 418. The van der Waals surface area contributed by atoms with Gasteiger partial charge in [0.1, 0.15) is 12.3 Å². The molecule has 3 aliphatic carbocycles. The largest absolute Gasteiger partial charge is 0.495 e. The van der Waals surface area contributed by atoms with Crippen molar-refractivity contribution in [1.29, 1.82) is 0 Å². The van der Waals surface area contributed by atoms with Crippen LogP contribution in [-0.2, 0) is 4.74 Å². The third-order valence-electron chi connectivity index (χ3n) is 6.92. The molecule has 24 heavy (non-hydrogen) atoms. The molecule has 4 unspecified atom stereocenters. The Hall–Kier alpha value is -0.600. The number of hydrogen-bond donors (Lipinski definition) is 0. The Morgan fingerprint density at radius 1 is 0.792 bits per heavy atom. The van der Waals surface area contributed by atoms with Crippen LogP contribution in [0.15, 0.2) is 11.8 Å². The van der Waals surface area contributed by atoms with E-state index in [1.54, 1.807) is 13.2 Å². The van der Waals surface area contributed by atoms with Crippen LogP contribution in [0.5, 0.6) is 0 Å². The van der Waals surface area contributed by atoms with Gasteiger partial charge in [0.15, 0.2) is 6.17 Å². The van der Waals surface area contributed by atoms with Crippen LogP contribution in [0.3, 0.4) is 0 Å². The quantitative estimate of drug-likeness (QED) is 0.542. The summed E-state index contributed by atoms with van der Waals surface area (Å²) in [4.78, 5) is 0. The summed E-state index contributed by atoms with van der Waals surface area (Å²) in [6, 6.07) is 0. The Balaban J connectivity index is 1.44. The fourth-order valence-corrected chi connectivity index (χ4v) is 4.95. The predicted molar refractivity (Wildman–Crippen MR) is 94.2 cm³/mol. The number of halogens is 2. The van der Waals surface area contributed by atoms with E-state index in [0.29, 0.717) is 6.42 Å². The first-order chi connectivity index (χ1) is 11.5. The molecule has 3 rings (SSSR count). The third kappa shape index (κ3) is 4.32. The van der Waals surface area contributed by atoms with Crippen molar-refractivity contribution in [2.24, 2.45) is 23.7 Å². The van der Waals surface area contributed by atoms with Gasteiger partial charge in [-0.2, -0.15) is 0 Å². The molecule has 0 bridgehead atoms. The maximum atomic E-state index is 14.1. The van der Waals surface area contributed by atoms with E-state index < -0.39 is 18.4 Å². The van der Waals surface area contributed by atoms with Crippen molar-refractivity contribution in [2.45, 2.75) is 96.5 Å². The first-order valence-electron chi connectivity index (χ1n) is 10.2. The molecule has 0 amide bonds. The van der Waals surface area contributed by atoms with Crippen LogP contribution in [0.2, 0.25) is 0 Å². The van der Waals surface area contributed by atoms with Crippen LogP contribution >= 0.6 is 0 Å². The van der Waals surface area contributed by atoms with Crippen molar-refractivity contribution < 1.29 is 13.5 Å². The molecule has 0 aliphatic heterocycles. The molecule has 0 aromatic heterocycles. The molecule has 0 aromatic carbocycles. The monoisotopic (exact) mass is 340 g/mol. The van der Waals surface area contributed by atoms with E-state index in [2.05, 4.69) is 6.92 Å². The lowest BCUT2D eigenvalue weighted by molar-refractivity contribution is -0.0379. The van der Waals surface area contributed by atoms with E-state index in [1.807, 2.05) is 0 Å². The molecular weight excluding hydrogens is 306 g/mol. The molecule has 138 valence electrons. The van der Waals surface area contributed by atoms with E-state index in [9.17, 15) is 8.78 Å². The normalized spacial score (nSPS) is 44.2.